The van der Waals surface area contributed by atoms with Gasteiger partial charge in [-0.25, -0.2) is 0 Å². The summed E-state index contributed by atoms with van der Waals surface area (Å²) in [7, 11) is 0. The molecular formula is C7H14. The first-order valence-corrected chi connectivity index (χ1v) is 3.02. The lowest BCUT2D eigenvalue weighted by Gasteiger charge is -1.90. The van der Waals surface area contributed by atoms with Crippen LogP contribution in [-0.2, 0) is 0 Å². The molecule has 0 heteroatoms. The molecule has 0 rings (SSSR count). The molecule has 0 nitrogen and oxygen atoms in total. The lowest BCUT2D eigenvalue weighted by atomic mass is 10.2. The van der Waals surface area contributed by atoms with Gasteiger partial charge in [-0.2, -0.15) is 0 Å². The summed E-state index contributed by atoms with van der Waals surface area (Å²) in [5.41, 5.74) is 0. The summed E-state index contributed by atoms with van der Waals surface area (Å²) in [6.45, 7) is 5.92. The molecule has 0 aromatic carbocycles. The normalized spacial score (nSPS) is 9.43. The summed E-state index contributed by atoms with van der Waals surface area (Å²) in [4.78, 5) is 0. The molecule has 42 valence electrons. The number of hydrogen-bond acceptors (Lipinski definition) is 0. The zero-order valence-corrected chi connectivity index (χ0v) is 5.11. The Bertz CT molecular complexity index is 19.2. The second-order valence-corrected chi connectivity index (χ2v) is 1.72. The molecule has 0 atom stereocenters. The fourth-order valence-corrected chi connectivity index (χ4v) is 0.493. The molecule has 0 aliphatic carbocycles. The van der Waals surface area contributed by atoms with Crippen molar-refractivity contribution >= 4 is 0 Å². The van der Waals surface area contributed by atoms with Crippen LogP contribution in [0, 0.1) is 13.3 Å². The van der Waals surface area contributed by atoms with E-state index in [2.05, 4.69) is 20.3 Å². The molecular weight excluding hydrogens is 84.1 g/mol. The average molecular weight is 98.2 g/mol. The number of rotatable bonds is 4. The summed E-state index contributed by atoms with van der Waals surface area (Å²) < 4.78 is 0. The van der Waals surface area contributed by atoms with Gasteiger partial charge < -0.3 is 0 Å². The molecule has 0 heterocycles. The van der Waals surface area contributed by atoms with Crippen molar-refractivity contribution in [2.45, 2.75) is 32.6 Å². The van der Waals surface area contributed by atoms with E-state index >= 15 is 0 Å². The minimum absolute atomic E-state index is 1.06. The van der Waals surface area contributed by atoms with Gasteiger partial charge in [-0.3, -0.25) is 0 Å². The van der Waals surface area contributed by atoms with Crippen molar-refractivity contribution in [3.05, 3.63) is 13.3 Å². The summed E-state index contributed by atoms with van der Waals surface area (Å²) in [5, 5.41) is 0. The van der Waals surface area contributed by atoms with Crippen LogP contribution in [0.25, 0.3) is 0 Å². The van der Waals surface area contributed by atoms with Crippen molar-refractivity contribution in [2.75, 3.05) is 0 Å². The Morgan fingerprint density at radius 2 is 2.14 bits per heavy atom. The Morgan fingerprint density at radius 3 is 2.57 bits per heavy atom. The Kier molecular flexibility index (Phi) is 6.00. The van der Waals surface area contributed by atoms with E-state index in [0.29, 0.717) is 0 Å². The van der Waals surface area contributed by atoms with E-state index in [1.54, 1.807) is 0 Å². The summed E-state index contributed by atoms with van der Waals surface area (Å²) in [5.74, 6) is 0. The van der Waals surface area contributed by atoms with Crippen LogP contribution in [0.15, 0.2) is 0 Å². The van der Waals surface area contributed by atoms with E-state index in [9.17, 15) is 0 Å². The van der Waals surface area contributed by atoms with Gasteiger partial charge in [0.05, 0.1) is 0 Å². The molecule has 2 radical (unpaired) electrons. The van der Waals surface area contributed by atoms with Gasteiger partial charge in [-0.1, -0.05) is 39.5 Å². The van der Waals surface area contributed by atoms with E-state index in [0.717, 1.165) is 6.42 Å². The fraction of sp³-hybridized carbons (Fsp3) is 0.714. The molecule has 0 aliphatic heterocycles. The molecule has 0 N–H and O–H groups in total. The monoisotopic (exact) mass is 98.1 g/mol. The van der Waals surface area contributed by atoms with Crippen molar-refractivity contribution in [2.24, 2.45) is 0 Å². The molecule has 0 aromatic heterocycles. The highest BCUT2D eigenvalue weighted by molar-refractivity contribution is 4.62. The van der Waals surface area contributed by atoms with Crippen molar-refractivity contribution in [3.63, 3.8) is 0 Å². The van der Waals surface area contributed by atoms with Gasteiger partial charge in [0.25, 0.3) is 0 Å². The zero-order valence-electron chi connectivity index (χ0n) is 5.11. The first kappa shape index (κ1) is 7.00. The Labute approximate surface area is 46.9 Å². The van der Waals surface area contributed by atoms with Crippen molar-refractivity contribution in [3.8, 4) is 0 Å². The van der Waals surface area contributed by atoms with Gasteiger partial charge in [-0.15, -0.1) is 0 Å². The van der Waals surface area contributed by atoms with Gasteiger partial charge in [0.1, 0.15) is 0 Å². The molecule has 0 saturated heterocycles. The number of hydrogen-bond donors (Lipinski definition) is 0. The van der Waals surface area contributed by atoms with Gasteiger partial charge in [0, 0.05) is 0 Å². The lowest BCUT2D eigenvalue weighted by molar-refractivity contribution is 0.821. The van der Waals surface area contributed by atoms with Crippen LogP contribution < -0.4 is 0 Å². The van der Waals surface area contributed by atoms with Crippen molar-refractivity contribution in [1.82, 2.24) is 0 Å². The Balaban J connectivity index is 2.45. The van der Waals surface area contributed by atoms with Crippen LogP contribution in [0.4, 0.5) is 0 Å². The molecule has 0 amide bonds. The van der Waals surface area contributed by atoms with E-state index in [-0.39, 0.29) is 0 Å². The van der Waals surface area contributed by atoms with E-state index < -0.39 is 0 Å². The smallest absolute Gasteiger partial charge is 0.0386 e. The molecule has 0 saturated carbocycles. The third kappa shape index (κ3) is 6.00. The molecule has 0 aliphatic rings. The first-order valence-electron chi connectivity index (χ1n) is 3.02. The van der Waals surface area contributed by atoms with Crippen molar-refractivity contribution < 1.29 is 0 Å². The topological polar surface area (TPSA) is 0 Å². The van der Waals surface area contributed by atoms with E-state index in [4.69, 9.17) is 0 Å². The summed E-state index contributed by atoms with van der Waals surface area (Å²) >= 11 is 0. The fourth-order valence-electron chi connectivity index (χ4n) is 0.493. The van der Waals surface area contributed by atoms with Crippen LogP contribution in [0.1, 0.15) is 32.6 Å². The second-order valence-electron chi connectivity index (χ2n) is 1.72. The summed E-state index contributed by atoms with van der Waals surface area (Å²) in [6.07, 6.45) is 7.08. The first-order chi connectivity index (χ1) is 3.41. The van der Waals surface area contributed by atoms with Gasteiger partial charge in [0.2, 0.25) is 0 Å². The Hall–Kier alpha value is 0. The van der Waals surface area contributed by atoms with Crippen LogP contribution in [0.5, 0.6) is 0 Å². The highest BCUT2D eigenvalue weighted by Gasteiger charge is 1.80. The third-order valence-electron chi connectivity index (χ3n) is 0.901. The molecule has 0 aromatic rings. The lowest BCUT2D eigenvalue weighted by Crippen LogP contribution is -1.72. The maximum absolute atomic E-state index is 3.73. The largest absolute Gasteiger partial charge is 0.0654 e. The highest BCUT2D eigenvalue weighted by Crippen LogP contribution is 1.98. The quantitative estimate of drug-likeness (QED) is 0.474. The predicted octanol–water partition coefficient (Wildman–Crippen LogP) is 2.61. The zero-order chi connectivity index (χ0) is 5.54. The maximum atomic E-state index is 3.73. The Morgan fingerprint density at radius 1 is 1.43 bits per heavy atom. The average Bonchev–Trinajstić information content (AvgIpc) is 1.69. The summed E-state index contributed by atoms with van der Waals surface area (Å²) in [6, 6.07) is 0. The SMILES string of the molecule is [CH2]CC[CH]CCC. The van der Waals surface area contributed by atoms with E-state index in [1.165, 1.54) is 19.3 Å². The minimum Gasteiger partial charge on any atom is -0.0654 e. The highest BCUT2D eigenvalue weighted by atomic mass is 13.9. The second kappa shape index (κ2) is 6.00. The van der Waals surface area contributed by atoms with E-state index in [1.807, 2.05) is 0 Å². The molecule has 7 heavy (non-hydrogen) atoms. The van der Waals surface area contributed by atoms with Gasteiger partial charge in [-0.05, 0) is 6.42 Å². The van der Waals surface area contributed by atoms with Crippen LogP contribution in [0.2, 0.25) is 0 Å². The van der Waals surface area contributed by atoms with Gasteiger partial charge >= 0.3 is 0 Å². The maximum Gasteiger partial charge on any atom is -0.0386 e. The van der Waals surface area contributed by atoms with Crippen molar-refractivity contribution in [1.29, 1.82) is 0 Å². The standard InChI is InChI=1S/C7H14/c1-3-5-7-6-4-2/h7H,1,3-6H2,2H3. The molecule has 0 fully saturated rings. The van der Waals surface area contributed by atoms with Gasteiger partial charge in [0.15, 0.2) is 0 Å². The van der Waals surface area contributed by atoms with Crippen LogP contribution in [0.3, 0.4) is 0 Å². The van der Waals surface area contributed by atoms with Crippen LogP contribution in [-0.4, -0.2) is 0 Å². The molecule has 0 unspecified atom stereocenters. The third-order valence-corrected chi connectivity index (χ3v) is 0.901. The predicted molar refractivity (Wildman–Crippen MR) is 33.8 cm³/mol. The number of unbranched alkanes of at least 4 members (excludes halogenated alkanes) is 4. The minimum atomic E-state index is 1.06. The molecule has 0 spiro atoms. The molecule has 0 bridgehead atoms. The van der Waals surface area contributed by atoms with Crippen LogP contribution >= 0.6 is 0 Å².